The Labute approximate surface area is 137 Å². The van der Waals surface area contributed by atoms with Gasteiger partial charge in [0, 0.05) is 26.7 Å². The van der Waals surface area contributed by atoms with Gasteiger partial charge in [-0.1, -0.05) is 11.8 Å². The zero-order chi connectivity index (χ0) is 17.5. The van der Waals surface area contributed by atoms with Crippen LogP contribution in [-0.4, -0.2) is 35.9 Å². The lowest BCUT2D eigenvalue weighted by atomic mass is 10.1. The minimum absolute atomic E-state index is 0.114. The second-order valence-electron chi connectivity index (χ2n) is 6.42. The molecule has 0 aliphatic heterocycles. The predicted molar refractivity (Wildman–Crippen MR) is 89.8 cm³/mol. The van der Waals surface area contributed by atoms with E-state index in [-0.39, 0.29) is 17.2 Å². The molecule has 0 fully saturated rings. The highest BCUT2D eigenvalue weighted by Gasteiger charge is 2.19. The standard InChI is InChI=1S/C14H21N5O3S/c1-14(2,3)16-8(20)7-23-12-15-10-9(17(12)4)11(21)19(6)13(22)18(10)5/h7H2,1-6H3,(H,16,20). The van der Waals surface area contributed by atoms with Crippen LogP contribution in [0.4, 0.5) is 0 Å². The summed E-state index contributed by atoms with van der Waals surface area (Å²) in [6, 6.07) is 0. The third-order valence-electron chi connectivity index (χ3n) is 3.28. The Morgan fingerprint density at radius 1 is 1.13 bits per heavy atom. The number of thioether (sulfide) groups is 1. The number of nitrogens with one attached hydrogen (secondary N) is 1. The van der Waals surface area contributed by atoms with Crippen molar-refractivity contribution in [3.63, 3.8) is 0 Å². The van der Waals surface area contributed by atoms with E-state index in [4.69, 9.17) is 0 Å². The summed E-state index contributed by atoms with van der Waals surface area (Å²) in [6.07, 6.45) is 0. The van der Waals surface area contributed by atoms with Crippen molar-refractivity contribution in [1.82, 2.24) is 24.0 Å². The molecule has 0 aliphatic rings. The van der Waals surface area contributed by atoms with Gasteiger partial charge in [-0.2, -0.15) is 0 Å². The quantitative estimate of drug-likeness (QED) is 0.794. The second-order valence-corrected chi connectivity index (χ2v) is 7.36. The third-order valence-corrected chi connectivity index (χ3v) is 4.31. The van der Waals surface area contributed by atoms with E-state index < -0.39 is 11.2 Å². The molecule has 0 aromatic carbocycles. The Morgan fingerprint density at radius 2 is 1.74 bits per heavy atom. The maximum Gasteiger partial charge on any atom is 0.332 e. The second kappa shape index (κ2) is 5.88. The molecule has 0 unspecified atom stereocenters. The molecular formula is C14H21N5O3S. The number of hydrogen-bond donors (Lipinski definition) is 1. The molecule has 0 atom stereocenters. The number of aryl methyl sites for hydroxylation is 2. The van der Waals surface area contributed by atoms with E-state index in [0.29, 0.717) is 16.3 Å². The molecule has 2 aromatic heterocycles. The van der Waals surface area contributed by atoms with E-state index in [1.807, 2.05) is 20.8 Å². The van der Waals surface area contributed by atoms with Crippen molar-refractivity contribution in [1.29, 1.82) is 0 Å². The van der Waals surface area contributed by atoms with Crippen molar-refractivity contribution in [3.05, 3.63) is 20.8 Å². The Morgan fingerprint density at radius 3 is 2.30 bits per heavy atom. The first kappa shape index (κ1) is 17.3. The first-order valence-electron chi connectivity index (χ1n) is 7.09. The Hall–Kier alpha value is -2.03. The molecule has 0 saturated carbocycles. The molecule has 8 nitrogen and oxygen atoms in total. The number of amides is 1. The fraction of sp³-hybridized carbons (Fsp3) is 0.571. The van der Waals surface area contributed by atoms with Gasteiger partial charge in [0.05, 0.1) is 5.75 Å². The van der Waals surface area contributed by atoms with E-state index >= 15 is 0 Å². The number of hydrogen-bond acceptors (Lipinski definition) is 5. The van der Waals surface area contributed by atoms with E-state index in [1.165, 1.54) is 23.4 Å². The van der Waals surface area contributed by atoms with Gasteiger partial charge in [0.1, 0.15) is 0 Å². The van der Waals surface area contributed by atoms with Crippen molar-refractivity contribution in [2.24, 2.45) is 21.1 Å². The van der Waals surface area contributed by atoms with E-state index in [2.05, 4.69) is 10.3 Å². The minimum atomic E-state index is -0.428. The molecule has 0 saturated heterocycles. The summed E-state index contributed by atoms with van der Waals surface area (Å²) in [5.41, 5.74) is -0.469. The van der Waals surface area contributed by atoms with Gasteiger partial charge in [0.25, 0.3) is 5.56 Å². The molecule has 0 aliphatic carbocycles. The summed E-state index contributed by atoms with van der Waals surface area (Å²) in [4.78, 5) is 40.5. The summed E-state index contributed by atoms with van der Waals surface area (Å²) >= 11 is 1.23. The maximum absolute atomic E-state index is 12.3. The number of fused-ring (bicyclic) bond motifs is 1. The zero-order valence-electron chi connectivity index (χ0n) is 14.1. The molecule has 2 rings (SSSR count). The maximum atomic E-state index is 12.3. The SMILES string of the molecule is Cn1c(=O)c2c(nc(SCC(=O)NC(C)(C)C)n2C)n(C)c1=O. The van der Waals surface area contributed by atoms with Crippen LogP contribution in [0, 0.1) is 0 Å². The fourth-order valence-electron chi connectivity index (χ4n) is 2.21. The van der Waals surface area contributed by atoms with Gasteiger partial charge < -0.3 is 9.88 Å². The van der Waals surface area contributed by atoms with Crippen LogP contribution in [0.1, 0.15) is 20.8 Å². The van der Waals surface area contributed by atoms with Crippen LogP contribution in [0.2, 0.25) is 0 Å². The third kappa shape index (κ3) is 3.34. The molecule has 1 amide bonds. The number of nitrogens with zero attached hydrogens (tertiary/aromatic N) is 4. The Kier molecular flexibility index (Phi) is 4.43. The number of imidazole rings is 1. The lowest BCUT2D eigenvalue weighted by Gasteiger charge is -2.20. The normalized spacial score (nSPS) is 11.9. The van der Waals surface area contributed by atoms with Gasteiger partial charge in [-0.3, -0.25) is 18.7 Å². The molecule has 23 heavy (non-hydrogen) atoms. The summed E-state index contributed by atoms with van der Waals surface area (Å²) in [5.74, 6) is 0.0687. The van der Waals surface area contributed by atoms with E-state index in [9.17, 15) is 14.4 Å². The van der Waals surface area contributed by atoms with Gasteiger partial charge >= 0.3 is 5.69 Å². The summed E-state index contributed by atoms with van der Waals surface area (Å²) in [7, 11) is 4.70. The summed E-state index contributed by atoms with van der Waals surface area (Å²) in [5, 5.41) is 3.38. The zero-order valence-corrected chi connectivity index (χ0v) is 14.9. The van der Waals surface area contributed by atoms with Crippen molar-refractivity contribution >= 4 is 28.8 Å². The minimum Gasteiger partial charge on any atom is -0.351 e. The smallest absolute Gasteiger partial charge is 0.332 e. The average molecular weight is 339 g/mol. The number of carbonyl (C=O) groups is 1. The predicted octanol–water partition coefficient (Wildman–Crippen LogP) is -0.0225. The van der Waals surface area contributed by atoms with Crippen LogP contribution >= 0.6 is 11.8 Å². The highest BCUT2D eigenvalue weighted by atomic mass is 32.2. The molecule has 2 aromatic rings. The molecule has 9 heteroatoms. The highest BCUT2D eigenvalue weighted by Crippen LogP contribution is 2.20. The van der Waals surface area contributed by atoms with Crippen molar-refractivity contribution in [2.45, 2.75) is 31.5 Å². The monoisotopic (exact) mass is 339 g/mol. The largest absolute Gasteiger partial charge is 0.351 e. The van der Waals surface area contributed by atoms with E-state index in [0.717, 1.165) is 4.57 Å². The van der Waals surface area contributed by atoms with Gasteiger partial charge in [-0.05, 0) is 20.8 Å². The molecule has 1 N–H and O–H groups in total. The number of rotatable bonds is 3. The van der Waals surface area contributed by atoms with Crippen molar-refractivity contribution < 1.29 is 4.79 Å². The van der Waals surface area contributed by atoms with Gasteiger partial charge in [-0.15, -0.1) is 0 Å². The van der Waals surface area contributed by atoms with Crippen molar-refractivity contribution in [2.75, 3.05) is 5.75 Å². The summed E-state index contributed by atoms with van der Waals surface area (Å²) < 4.78 is 3.99. The lowest BCUT2D eigenvalue weighted by molar-refractivity contribution is -0.119. The lowest BCUT2D eigenvalue weighted by Crippen LogP contribution is -2.41. The Balaban J connectivity index is 2.37. The van der Waals surface area contributed by atoms with Crippen LogP contribution in [0.5, 0.6) is 0 Å². The molecule has 2 heterocycles. The van der Waals surface area contributed by atoms with Crippen LogP contribution in [0.3, 0.4) is 0 Å². The highest BCUT2D eigenvalue weighted by molar-refractivity contribution is 7.99. The van der Waals surface area contributed by atoms with Crippen LogP contribution in [0.25, 0.3) is 11.2 Å². The molecular weight excluding hydrogens is 318 g/mol. The van der Waals surface area contributed by atoms with Crippen LogP contribution in [-0.2, 0) is 25.9 Å². The number of carbonyl (C=O) groups excluding carboxylic acids is 1. The topological polar surface area (TPSA) is 90.9 Å². The average Bonchev–Trinajstić information content (AvgIpc) is 2.76. The van der Waals surface area contributed by atoms with Crippen LogP contribution < -0.4 is 16.6 Å². The summed E-state index contributed by atoms with van der Waals surface area (Å²) in [6.45, 7) is 5.72. The fourth-order valence-corrected chi connectivity index (χ4v) is 2.98. The molecule has 0 spiro atoms. The molecule has 0 bridgehead atoms. The van der Waals surface area contributed by atoms with Gasteiger partial charge in [-0.25, -0.2) is 9.78 Å². The first-order chi connectivity index (χ1) is 10.5. The van der Waals surface area contributed by atoms with Crippen molar-refractivity contribution in [3.8, 4) is 0 Å². The first-order valence-corrected chi connectivity index (χ1v) is 8.07. The van der Waals surface area contributed by atoms with Gasteiger partial charge in [0.2, 0.25) is 5.91 Å². The Bertz CT molecular complexity index is 885. The van der Waals surface area contributed by atoms with E-state index in [1.54, 1.807) is 18.7 Å². The molecule has 126 valence electrons. The molecule has 0 radical (unpaired) electrons. The van der Waals surface area contributed by atoms with Crippen LogP contribution in [0.15, 0.2) is 14.7 Å². The van der Waals surface area contributed by atoms with Gasteiger partial charge in [0.15, 0.2) is 16.3 Å². The number of aromatic nitrogens is 4.